The monoisotopic (exact) mass is 371 g/mol. The minimum Gasteiger partial charge on any atom is -0.487 e. The number of aldehydes is 1. The molecule has 1 aliphatic rings. The van der Waals surface area contributed by atoms with Crippen molar-refractivity contribution in [2.24, 2.45) is 5.73 Å². The van der Waals surface area contributed by atoms with E-state index in [1.807, 2.05) is 6.07 Å². The van der Waals surface area contributed by atoms with Crippen LogP contribution in [0.2, 0.25) is 5.02 Å². The number of methoxy groups -OCH3 is 1. The summed E-state index contributed by atoms with van der Waals surface area (Å²) in [5.41, 5.74) is 7.46. The molecule has 0 saturated carbocycles. The quantitative estimate of drug-likeness (QED) is 0.783. The largest absolute Gasteiger partial charge is 0.487 e. The van der Waals surface area contributed by atoms with E-state index in [1.54, 1.807) is 19.2 Å². The van der Waals surface area contributed by atoms with Crippen LogP contribution in [0.3, 0.4) is 0 Å². The molecule has 1 heterocycles. The summed E-state index contributed by atoms with van der Waals surface area (Å²) in [6, 6.07) is 9.77. The normalized spacial score (nSPS) is 11.2. The smallest absolute Gasteiger partial charge is 0.173 e. The second-order valence-corrected chi connectivity index (χ2v) is 6.11. The molecule has 0 fully saturated rings. The topological polar surface area (TPSA) is 72.6 Å². The fraction of sp³-hybridized carbons (Fsp3) is 0.389. The molecule has 0 bridgehead atoms. The molecule has 24 heavy (non-hydrogen) atoms. The number of fused-ring (bicyclic) bond motifs is 1. The Labute approximate surface area is 153 Å². The van der Waals surface area contributed by atoms with Crippen LogP contribution in [0.15, 0.2) is 30.3 Å². The van der Waals surface area contributed by atoms with Gasteiger partial charge in [-0.15, -0.1) is 0 Å². The van der Waals surface area contributed by atoms with Crippen molar-refractivity contribution < 1.29 is 14.6 Å². The van der Waals surface area contributed by atoms with Gasteiger partial charge in [0, 0.05) is 12.1 Å². The minimum atomic E-state index is 0.701. The highest BCUT2D eigenvalue weighted by Gasteiger charge is 2.08. The number of benzene rings is 1. The molecular formula is C18H26ClNO3S. The minimum absolute atomic E-state index is 0.701. The molecule has 134 valence electrons. The van der Waals surface area contributed by atoms with E-state index in [1.165, 1.54) is 55.2 Å². The van der Waals surface area contributed by atoms with Gasteiger partial charge in [0.15, 0.2) is 11.3 Å². The number of hydrogen-bond acceptors (Lipinski definition) is 5. The van der Waals surface area contributed by atoms with Crippen molar-refractivity contribution in [2.45, 2.75) is 25.7 Å². The molecule has 1 aromatic carbocycles. The summed E-state index contributed by atoms with van der Waals surface area (Å²) in [4.78, 5) is 10.8. The lowest BCUT2D eigenvalue weighted by Crippen LogP contribution is -2.01. The van der Waals surface area contributed by atoms with Crippen LogP contribution in [0.4, 0.5) is 0 Å². The first kappa shape index (κ1) is 22.6. The van der Waals surface area contributed by atoms with Crippen molar-refractivity contribution in [3.63, 3.8) is 0 Å². The van der Waals surface area contributed by atoms with Crippen LogP contribution in [0.1, 0.15) is 33.6 Å². The predicted octanol–water partition coefficient (Wildman–Crippen LogP) is 3.97. The molecule has 1 aliphatic carbocycles. The number of carbonyl (C=O) groups excluding carboxylic acids is 1. The maximum Gasteiger partial charge on any atom is 0.173 e. The molecule has 0 amide bonds. The van der Waals surface area contributed by atoms with Gasteiger partial charge in [0.05, 0.1) is 12.0 Å². The van der Waals surface area contributed by atoms with E-state index in [9.17, 15) is 4.79 Å². The summed E-state index contributed by atoms with van der Waals surface area (Å²) in [5, 5.41) is 8.66. The Bertz CT molecular complexity index is 587. The molecule has 0 spiro atoms. The maximum atomic E-state index is 10.1. The van der Waals surface area contributed by atoms with E-state index < -0.39 is 0 Å². The van der Waals surface area contributed by atoms with E-state index in [0.29, 0.717) is 4.88 Å². The lowest BCUT2D eigenvalue weighted by Gasteiger charge is -2.14. The van der Waals surface area contributed by atoms with Crippen molar-refractivity contribution >= 4 is 29.2 Å². The first-order valence-corrected chi connectivity index (χ1v) is 8.81. The summed E-state index contributed by atoms with van der Waals surface area (Å²) in [6.45, 7) is 0. The third-order valence-corrected chi connectivity index (χ3v) is 4.44. The van der Waals surface area contributed by atoms with E-state index in [2.05, 4.69) is 17.9 Å². The number of thiophene rings is 1. The Morgan fingerprint density at radius 1 is 1.12 bits per heavy atom. The Morgan fingerprint density at radius 3 is 2.25 bits per heavy atom. The number of ether oxygens (including phenoxy) is 1. The fourth-order valence-corrected chi connectivity index (χ4v) is 3.04. The Balaban J connectivity index is 0.000000371. The number of halogens is 1. The van der Waals surface area contributed by atoms with Gasteiger partial charge in [0.25, 0.3) is 0 Å². The number of nitrogens with two attached hydrogens (primary N) is 1. The van der Waals surface area contributed by atoms with Gasteiger partial charge in [0.1, 0.15) is 0 Å². The summed E-state index contributed by atoms with van der Waals surface area (Å²) in [6.07, 6.45) is 5.94. The summed E-state index contributed by atoms with van der Waals surface area (Å²) in [5.74, 6) is 0. The molecule has 2 aromatic rings. The summed E-state index contributed by atoms with van der Waals surface area (Å²) in [7, 11) is 4.08. The predicted molar refractivity (Wildman–Crippen MR) is 103 cm³/mol. The van der Waals surface area contributed by atoms with Crippen LogP contribution in [0.5, 0.6) is 5.06 Å². The molecule has 0 saturated heterocycles. The van der Waals surface area contributed by atoms with E-state index in [-0.39, 0.29) is 0 Å². The van der Waals surface area contributed by atoms with Gasteiger partial charge < -0.3 is 15.6 Å². The van der Waals surface area contributed by atoms with Crippen molar-refractivity contribution in [3.8, 4) is 5.06 Å². The van der Waals surface area contributed by atoms with Crippen LogP contribution >= 0.6 is 22.9 Å². The van der Waals surface area contributed by atoms with Crippen LogP contribution in [-0.4, -0.2) is 32.7 Å². The van der Waals surface area contributed by atoms with Crippen LogP contribution in [-0.2, 0) is 12.8 Å². The Hall–Kier alpha value is -1.40. The number of hydrogen-bond donors (Lipinski definition) is 2. The zero-order valence-corrected chi connectivity index (χ0v) is 16.0. The highest BCUT2D eigenvalue weighted by molar-refractivity contribution is 7.15. The maximum absolute atomic E-state index is 10.1. The zero-order valence-electron chi connectivity index (χ0n) is 14.4. The second-order valence-electron chi connectivity index (χ2n) is 4.60. The molecule has 3 N–H and O–H groups in total. The van der Waals surface area contributed by atoms with Crippen molar-refractivity contribution in [1.29, 1.82) is 0 Å². The summed E-state index contributed by atoms with van der Waals surface area (Å²) < 4.78 is 4.86. The van der Waals surface area contributed by atoms with E-state index >= 15 is 0 Å². The van der Waals surface area contributed by atoms with Crippen LogP contribution < -0.4 is 10.5 Å². The summed E-state index contributed by atoms with van der Waals surface area (Å²) >= 11 is 7.22. The molecule has 4 nitrogen and oxygen atoms in total. The highest BCUT2D eigenvalue weighted by atomic mass is 35.5. The molecule has 0 radical (unpaired) electrons. The third-order valence-electron chi connectivity index (χ3n) is 3.23. The van der Waals surface area contributed by atoms with Crippen molar-refractivity contribution in [3.05, 3.63) is 51.4 Å². The van der Waals surface area contributed by atoms with E-state index in [4.69, 9.17) is 21.4 Å². The number of rotatable bonds is 2. The average Bonchev–Trinajstić information content (AvgIpc) is 3.14. The molecule has 1 aromatic heterocycles. The van der Waals surface area contributed by atoms with Gasteiger partial charge in [-0.25, -0.2) is 0 Å². The number of aliphatic hydroxyl groups is 1. The zero-order chi connectivity index (χ0) is 18.4. The lowest BCUT2D eigenvalue weighted by atomic mass is 9.92. The van der Waals surface area contributed by atoms with Crippen molar-refractivity contribution in [1.82, 2.24) is 0 Å². The first-order valence-electron chi connectivity index (χ1n) is 7.61. The second kappa shape index (κ2) is 14.0. The molecule has 6 heteroatoms. The van der Waals surface area contributed by atoms with E-state index in [0.717, 1.165) is 23.5 Å². The molecule has 0 aliphatic heterocycles. The first-order chi connectivity index (χ1) is 11.7. The lowest BCUT2D eigenvalue weighted by molar-refractivity contribution is 0.112. The standard InChI is InChI=1S/C10H11Cl.C6H6O2S.CH5N.CH4O/c11-10-6-5-8-3-1-2-4-9(8)7-10;1-8-6-3-2-5(4-7)9-6;2*1-2/h5-7H,1-4H2;2-4H,1H3;2H2,1H3;2H,1H3. The highest BCUT2D eigenvalue weighted by Crippen LogP contribution is 2.24. The van der Waals surface area contributed by atoms with Crippen molar-refractivity contribution in [2.75, 3.05) is 21.3 Å². The Kier molecular flexibility index (Phi) is 13.2. The Morgan fingerprint density at radius 2 is 1.75 bits per heavy atom. The number of carbonyl (C=O) groups is 1. The van der Waals surface area contributed by atoms with Crippen LogP contribution in [0, 0.1) is 0 Å². The molecular weight excluding hydrogens is 346 g/mol. The van der Waals surface area contributed by atoms with Gasteiger partial charge in [-0.3, -0.25) is 4.79 Å². The number of aryl methyl sites for hydroxylation is 2. The van der Waals surface area contributed by atoms with Gasteiger partial charge in [-0.2, -0.15) is 0 Å². The van der Waals surface area contributed by atoms with Gasteiger partial charge in [-0.1, -0.05) is 29.0 Å². The van der Waals surface area contributed by atoms with Gasteiger partial charge in [0.2, 0.25) is 0 Å². The average molecular weight is 372 g/mol. The number of aliphatic hydroxyl groups excluding tert-OH is 1. The van der Waals surface area contributed by atoms with Gasteiger partial charge in [-0.05, 0) is 68.1 Å². The molecule has 0 unspecified atom stereocenters. The third kappa shape index (κ3) is 7.93. The molecule has 0 atom stereocenters. The SMILES string of the molecule is CN.CO.COc1ccc(C=O)s1.Clc1ccc2c(c1)CCCC2. The fourth-order valence-electron chi connectivity index (χ4n) is 2.21. The van der Waals surface area contributed by atoms with Crippen LogP contribution in [0.25, 0.3) is 0 Å². The molecule has 3 rings (SSSR count). The van der Waals surface area contributed by atoms with Gasteiger partial charge >= 0.3 is 0 Å².